The molecule has 0 spiro atoms. The van der Waals surface area contributed by atoms with Gasteiger partial charge in [0.05, 0.1) is 20.9 Å². The molecule has 8 heteroatoms. The average Bonchev–Trinajstić information content (AvgIpc) is 2.77. The third kappa shape index (κ3) is 2.97. The summed E-state index contributed by atoms with van der Waals surface area (Å²) in [6.45, 7) is 1.83. The lowest BCUT2D eigenvalue weighted by molar-refractivity contribution is -0.383. The Balaban J connectivity index is 1.94. The van der Waals surface area contributed by atoms with Crippen molar-refractivity contribution < 1.29 is 18.1 Å². The highest BCUT2D eigenvalue weighted by Crippen LogP contribution is 2.45. The van der Waals surface area contributed by atoms with E-state index in [1.807, 2.05) is 0 Å². The van der Waals surface area contributed by atoms with Gasteiger partial charge >= 0.3 is 0 Å². The number of carbonyl (C=O) groups is 1. The second-order valence-electron chi connectivity index (χ2n) is 6.13. The maximum absolute atomic E-state index is 12.8. The molecule has 0 atom stereocenters. The summed E-state index contributed by atoms with van der Waals surface area (Å²) in [4.78, 5) is 21.8. The van der Waals surface area contributed by atoms with Gasteiger partial charge in [0.2, 0.25) is 0 Å². The summed E-state index contributed by atoms with van der Waals surface area (Å²) >= 11 is 0. The SMILES string of the molecule is CC(=O)CCCCCN1c2ccc([N+](=O)[O-])c3cccc(c23)S1(=O)=O. The van der Waals surface area contributed by atoms with E-state index in [2.05, 4.69) is 0 Å². The number of hydrogen-bond acceptors (Lipinski definition) is 5. The maximum Gasteiger partial charge on any atom is 0.277 e. The number of rotatable bonds is 7. The van der Waals surface area contributed by atoms with E-state index >= 15 is 0 Å². The molecular formula is C17H18N2O5S. The van der Waals surface area contributed by atoms with Crippen molar-refractivity contribution in [1.29, 1.82) is 0 Å². The highest BCUT2D eigenvalue weighted by Gasteiger charge is 2.36. The average molecular weight is 362 g/mol. The van der Waals surface area contributed by atoms with Gasteiger partial charge in [0.1, 0.15) is 5.78 Å². The van der Waals surface area contributed by atoms with E-state index in [0.717, 1.165) is 12.8 Å². The van der Waals surface area contributed by atoms with Crippen molar-refractivity contribution >= 4 is 38.0 Å². The van der Waals surface area contributed by atoms with E-state index in [4.69, 9.17) is 0 Å². The molecule has 2 aromatic rings. The molecule has 0 radical (unpaired) electrons. The number of nitro groups is 1. The summed E-state index contributed by atoms with van der Waals surface area (Å²) in [7, 11) is -3.70. The van der Waals surface area contributed by atoms with E-state index in [1.54, 1.807) is 6.07 Å². The van der Waals surface area contributed by atoms with Crippen molar-refractivity contribution in [2.75, 3.05) is 10.8 Å². The van der Waals surface area contributed by atoms with Crippen LogP contribution in [-0.2, 0) is 14.8 Å². The van der Waals surface area contributed by atoms with Crippen molar-refractivity contribution in [3.8, 4) is 0 Å². The molecule has 0 aromatic heterocycles. The minimum Gasteiger partial charge on any atom is -0.300 e. The third-order valence-corrected chi connectivity index (χ3v) is 6.24. The molecule has 0 amide bonds. The van der Waals surface area contributed by atoms with Crippen LogP contribution in [0, 0.1) is 10.1 Å². The maximum atomic E-state index is 12.8. The van der Waals surface area contributed by atoms with Crippen LogP contribution in [0.5, 0.6) is 0 Å². The molecule has 7 nitrogen and oxygen atoms in total. The first kappa shape index (κ1) is 17.3. The van der Waals surface area contributed by atoms with Crippen molar-refractivity contribution in [1.82, 2.24) is 0 Å². The molecule has 132 valence electrons. The summed E-state index contributed by atoms with van der Waals surface area (Å²) in [5, 5.41) is 12.0. The predicted molar refractivity (Wildman–Crippen MR) is 94.3 cm³/mol. The summed E-state index contributed by atoms with van der Waals surface area (Å²) in [6, 6.07) is 7.45. The molecule has 25 heavy (non-hydrogen) atoms. The van der Waals surface area contributed by atoms with Gasteiger partial charge in [0.15, 0.2) is 0 Å². The second kappa shape index (κ2) is 6.44. The van der Waals surface area contributed by atoms with E-state index in [-0.39, 0.29) is 16.4 Å². The number of nitrogens with zero attached hydrogens (tertiary/aromatic N) is 2. The van der Waals surface area contributed by atoms with E-state index < -0.39 is 14.9 Å². The Kier molecular flexibility index (Phi) is 4.47. The Morgan fingerprint density at radius 2 is 1.92 bits per heavy atom. The fraction of sp³-hybridized carbons (Fsp3) is 0.353. The van der Waals surface area contributed by atoms with E-state index in [0.29, 0.717) is 35.8 Å². The highest BCUT2D eigenvalue weighted by atomic mass is 32.2. The fourth-order valence-electron chi connectivity index (χ4n) is 3.22. The highest BCUT2D eigenvalue weighted by molar-refractivity contribution is 7.93. The van der Waals surface area contributed by atoms with E-state index in [1.165, 1.54) is 35.5 Å². The van der Waals surface area contributed by atoms with E-state index in [9.17, 15) is 23.3 Å². The van der Waals surface area contributed by atoms with Crippen LogP contribution in [0.2, 0.25) is 0 Å². The number of unbranched alkanes of at least 4 members (excludes halogenated alkanes) is 2. The smallest absolute Gasteiger partial charge is 0.277 e. The van der Waals surface area contributed by atoms with Gasteiger partial charge in [-0.1, -0.05) is 12.5 Å². The molecule has 1 heterocycles. The van der Waals surface area contributed by atoms with Crippen molar-refractivity contribution in [3.05, 3.63) is 40.4 Å². The lowest BCUT2D eigenvalue weighted by Gasteiger charge is -2.18. The van der Waals surface area contributed by atoms with Gasteiger partial charge in [-0.05, 0) is 38.0 Å². The van der Waals surface area contributed by atoms with Gasteiger partial charge in [-0.15, -0.1) is 0 Å². The molecule has 1 aliphatic heterocycles. The van der Waals surface area contributed by atoms with Crippen LogP contribution in [0.1, 0.15) is 32.6 Å². The molecule has 0 saturated carbocycles. The molecule has 0 unspecified atom stereocenters. The quantitative estimate of drug-likeness (QED) is 0.427. The molecule has 0 N–H and O–H groups in total. The Labute approximate surface area is 145 Å². The molecule has 2 aromatic carbocycles. The standard InChI is InChI=1S/C17H18N2O5S/c1-12(20)6-3-2-4-11-18-15-10-9-14(19(21)22)13-7-5-8-16(17(13)15)25(18,23)24/h5,7-10H,2-4,6,11H2,1H3. The number of ketones is 1. The van der Waals surface area contributed by atoms with Crippen LogP contribution in [0.25, 0.3) is 10.8 Å². The number of non-ortho nitro benzene ring substituents is 1. The van der Waals surface area contributed by atoms with Gasteiger partial charge in [0, 0.05) is 24.4 Å². The Hall–Kier alpha value is -2.48. The zero-order chi connectivity index (χ0) is 18.2. The summed E-state index contributed by atoms with van der Waals surface area (Å²) in [6.07, 6.45) is 2.59. The van der Waals surface area contributed by atoms with Crippen LogP contribution >= 0.6 is 0 Å². The number of nitro benzene ring substituents is 1. The first-order valence-corrected chi connectivity index (χ1v) is 9.50. The monoisotopic (exact) mass is 362 g/mol. The summed E-state index contributed by atoms with van der Waals surface area (Å²) in [5.41, 5.74) is 0.391. The van der Waals surface area contributed by atoms with Crippen LogP contribution in [0.4, 0.5) is 11.4 Å². The van der Waals surface area contributed by atoms with Crippen molar-refractivity contribution in [2.24, 2.45) is 0 Å². The Morgan fingerprint density at radius 1 is 1.16 bits per heavy atom. The number of anilines is 1. The zero-order valence-corrected chi connectivity index (χ0v) is 14.6. The van der Waals surface area contributed by atoms with Crippen LogP contribution < -0.4 is 4.31 Å². The van der Waals surface area contributed by atoms with Crippen LogP contribution in [0.15, 0.2) is 35.2 Å². The Bertz CT molecular complexity index is 968. The van der Waals surface area contributed by atoms with Gasteiger partial charge in [-0.3, -0.25) is 14.4 Å². The van der Waals surface area contributed by atoms with Gasteiger partial charge in [0.25, 0.3) is 15.7 Å². The molecule has 0 saturated heterocycles. The molecule has 0 fully saturated rings. The van der Waals surface area contributed by atoms with Crippen LogP contribution in [0.3, 0.4) is 0 Å². The van der Waals surface area contributed by atoms with Gasteiger partial charge < -0.3 is 4.79 Å². The third-order valence-electron chi connectivity index (χ3n) is 4.38. The number of hydrogen-bond donors (Lipinski definition) is 0. The first-order valence-electron chi connectivity index (χ1n) is 8.06. The Morgan fingerprint density at radius 3 is 2.60 bits per heavy atom. The number of benzene rings is 2. The predicted octanol–water partition coefficient (Wildman–Crippen LogP) is 3.41. The molecule has 1 aliphatic rings. The fourth-order valence-corrected chi connectivity index (χ4v) is 4.96. The number of carbonyl (C=O) groups excluding carboxylic acids is 1. The van der Waals surface area contributed by atoms with Crippen molar-refractivity contribution in [2.45, 2.75) is 37.5 Å². The second-order valence-corrected chi connectivity index (χ2v) is 7.96. The zero-order valence-electron chi connectivity index (χ0n) is 13.8. The normalized spacial score (nSPS) is 14.8. The number of sulfonamides is 1. The molecular weight excluding hydrogens is 344 g/mol. The summed E-state index contributed by atoms with van der Waals surface area (Å²) in [5.74, 6) is 0.123. The molecule has 3 rings (SSSR count). The summed E-state index contributed by atoms with van der Waals surface area (Å²) < 4.78 is 27.0. The van der Waals surface area contributed by atoms with Gasteiger partial charge in [-0.25, -0.2) is 8.42 Å². The molecule has 0 aliphatic carbocycles. The largest absolute Gasteiger partial charge is 0.300 e. The first-order chi connectivity index (χ1) is 11.8. The minimum atomic E-state index is -3.70. The van der Waals surface area contributed by atoms with Gasteiger partial charge in [-0.2, -0.15) is 0 Å². The topological polar surface area (TPSA) is 97.6 Å². The minimum absolute atomic E-state index is 0.0980. The number of Topliss-reactive ketones (excluding diaryl/α,β-unsaturated/α-hetero) is 1. The molecule has 0 bridgehead atoms. The lowest BCUT2D eigenvalue weighted by Crippen LogP contribution is -2.28. The lowest BCUT2D eigenvalue weighted by atomic mass is 10.1. The van der Waals surface area contributed by atoms with Crippen molar-refractivity contribution in [3.63, 3.8) is 0 Å². The van der Waals surface area contributed by atoms with Crippen LogP contribution in [-0.4, -0.2) is 25.7 Å².